The van der Waals surface area contributed by atoms with Crippen LogP contribution in [0.3, 0.4) is 0 Å². The maximum absolute atomic E-state index is 12.6. The molecule has 0 aliphatic heterocycles. The Hall–Kier alpha value is -2.69. The smallest absolute Gasteiger partial charge is 0.365 e. The number of nitrogens with zero attached hydrogens (tertiary/aromatic N) is 2. The van der Waals surface area contributed by atoms with E-state index in [0.29, 0.717) is 14.9 Å². The van der Waals surface area contributed by atoms with E-state index in [2.05, 4.69) is 6.58 Å². The van der Waals surface area contributed by atoms with Crippen LogP contribution in [0.4, 0.5) is 0 Å². The maximum Gasteiger partial charge on any atom is 0.365 e. The summed E-state index contributed by atoms with van der Waals surface area (Å²) in [5, 5.41) is 1.67. The lowest BCUT2D eigenvalue weighted by Crippen LogP contribution is -2.44. The van der Waals surface area contributed by atoms with Gasteiger partial charge in [0, 0.05) is 0 Å². The average Bonchev–Trinajstić information content (AvgIpc) is 3.14. The van der Waals surface area contributed by atoms with Crippen LogP contribution in [0.5, 0.6) is 0 Å². The van der Waals surface area contributed by atoms with Crippen LogP contribution in [-0.2, 0) is 20.8 Å². The molecule has 0 saturated carbocycles. The molecule has 0 bridgehead atoms. The van der Waals surface area contributed by atoms with E-state index in [0.717, 1.165) is 16.9 Å². The molecule has 2 heterocycles. The molecule has 3 aromatic rings. The molecule has 1 aromatic carbocycles. The van der Waals surface area contributed by atoms with Crippen LogP contribution in [0.2, 0.25) is 0 Å². The topological polar surface area (TPSA) is 96.6 Å². The molecule has 0 atom stereocenters. The molecule has 0 fully saturated rings. The molecule has 0 spiro atoms. The number of fused-ring (bicyclic) bond motifs is 1. The molecular formula is C18H18N2O6S2. The zero-order valence-electron chi connectivity index (χ0n) is 15.0. The van der Waals surface area contributed by atoms with Crippen LogP contribution in [0.1, 0.15) is 5.56 Å². The van der Waals surface area contributed by atoms with Crippen molar-refractivity contribution in [2.24, 2.45) is 0 Å². The van der Waals surface area contributed by atoms with Crippen molar-refractivity contribution < 1.29 is 17.4 Å². The predicted octanol–water partition coefficient (Wildman–Crippen LogP) is 1.55. The van der Waals surface area contributed by atoms with Crippen LogP contribution < -0.4 is 16.1 Å². The minimum absolute atomic E-state index is 0.0235. The second kappa shape index (κ2) is 8.13. The lowest BCUT2D eigenvalue weighted by Gasteiger charge is -2.12. The standard InChI is InChI=1S/C18H18N2O6S2/c1-3-10-25-20-17(21)16-15(8-12-27-16)19(18(20)22)9-11-26-28(23,24)14-6-4-13(2)5-7-14/h3-8,12H,1,9-11H2,2H3. The Morgan fingerprint density at radius 1 is 1.18 bits per heavy atom. The first kappa shape index (κ1) is 20.1. The number of thiophene rings is 1. The van der Waals surface area contributed by atoms with Crippen LogP contribution >= 0.6 is 11.3 Å². The van der Waals surface area contributed by atoms with Gasteiger partial charge in [0.25, 0.3) is 10.1 Å². The van der Waals surface area contributed by atoms with Gasteiger partial charge in [-0.05, 0) is 30.5 Å². The second-order valence-corrected chi connectivity index (χ2v) is 8.37. The molecule has 0 radical (unpaired) electrons. The molecule has 28 heavy (non-hydrogen) atoms. The summed E-state index contributed by atoms with van der Waals surface area (Å²) in [6.07, 6.45) is 1.41. The van der Waals surface area contributed by atoms with Crippen molar-refractivity contribution in [2.45, 2.75) is 18.4 Å². The van der Waals surface area contributed by atoms with E-state index >= 15 is 0 Å². The van der Waals surface area contributed by atoms with Crippen molar-refractivity contribution in [3.05, 3.63) is 74.8 Å². The highest BCUT2D eigenvalue weighted by molar-refractivity contribution is 7.86. The number of benzene rings is 1. The minimum Gasteiger partial charge on any atom is -0.402 e. The fourth-order valence-electron chi connectivity index (χ4n) is 2.54. The summed E-state index contributed by atoms with van der Waals surface area (Å²) in [5.74, 6) is 0. The van der Waals surface area contributed by atoms with Crippen LogP contribution in [0.15, 0.2) is 62.9 Å². The van der Waals surface area contributed by atoms with Crippen molar-refractivity contribution in [3.8, 4) is 0 Å². The number of aryl methyl sites for hydroxylation is 1. The highest BCUT2D eigenvalue weighted by atomic mass is 32.2. The fraction of sp³-hybridized carbons (Fsp3) is 0.222. The van der Waals surface area contributed by atoms with Gasteiger partial charge in [0.05, 0.1) is 23.6 Å². The van der Waals surface area contributed by atoms with E-state index in [-0.39, 0.29) is 24.7 Å². The van der Waals surface area contributed by atoms with Gasteiger partial charge in [-0.25, -0.2) is 4.79 Å². The third-order valence-electron chi connectivity index (χ3n) is 3.90. The van der Waals surface area contributed by atoms with Gasteiger partial charge in [0.1, 0.15) is 11.3 Å². The summed E-state index contributed by atoms with van der Waals surface area (Å²) in [6, 6.07) is 7.87. The molecule has 0 N–H and O–H groups in total. The van der Waals surface area contributed by atoms with Gasteiger partial charge in [-0.1, -0.05) is 35.1 Å². The second-order valence-electron chi connectivity index (χ2n) is 5.84. The first-order valence-corrected chi connectivity index (χ1v) is 10.6. The van der Waals surface area contributed by atoms with Gasteiger partial charge >= 0.3 is 11.2 Å². The van der Waals surface area contributed by atoms with Gasteiger partial charge < -0.3 is 4.84 Å². The van der Waals surface area contributed by atoms with E-state index in [1.807, 2.05) is 6.92 Å². The first-order valence-electron chi connectivity index (χ1n) is 8.28. The number of hydrogen-bond donors (Lipinski definition) is 0. The summed E-state index contributed by atoms with van der Waals surface area (Å²) in [5.41, 5.74) is 0.0392. The Balaban J connectivity index is 1.87. The maximum atomic E-state index is 12.6. The molecule has 0 unspecified atom stereocenters. The largest absolute Gasteiger partial charge is 0.402 e. The van der Waals surface area contributed by atoms with Gasteiger partial charge in [0.2, 0.25) is 0 Å². The molecule has 0 aliphatic rings. The molecule has 8 nitrogen and oxygen atoms in total. The molecular weight excluding hydrogens is 404 g/mol. The predicted molar refractivity (Wildman–Crippen MR) is 106 cm³/mol. The third kappa shape index (κ3) is 3.93. The Morgan fingerprint density at radius 3 is 2.57 bits per heavy atom. The van der Waals surface area contributed by atoms with Gasteiger partial charge in [0.15, 0.2) is 0 Å². The molecule has 10 heteroatoms. The molecule has 0 saturated heterocycles. The minimum atomic E-state index is -3.96. The first-order chi connectivity index (χ1) is 13.3. The summed E-state index contributed by atoms with van der Waals surface area (Å²) >= 11 is 1.16. The lowest BCUT2D eigenvalue weighted by atomic mass is 10.2. The Kier molecular flexibility index (Phi) is 5.82. The highest BCUT2D eigenvalue weighted by Crippen LogP contribution is 2.16. The average molecular weight is 422 g/mol. The van der Waals surface area contributed by atoms with Crippen LogP contribution in [0.25, 0.3) is 10.2 Å². The van der Waals surface area contributed by atoms with Crippen LogP contribution in [-0.4, -0.2) is 30.9 Å². The Labute approximate surface area is 165 Å². The quantitative estimate of drug-likeness (QED) is 0.404. The Bertz CT molecular complexity index is 1220. The Morgan fingerprint density at radius 2 is 1.89 bits per heavy atom. The fourth-order valence-corrected chi connectivity index (χ4v) is 4.25. The van der Waals surface area contributed by atoms with Gasteiger partial charge in [-0.3, -0.25) is 13.5 Å². The SMILES string of the molecule is C=CCOn1c(=O)c2sccc2n(CCOS(=O)(=O)c2ccc(C)cc2)c1=O. The van der Waals surface area contributed by atoms with Gasteiger partial charge in [-0.15, -0.1) is 11.3 Å². The van der Waals surface area contributed by atoms with E-state index in [1.54, 1.807) is 23.6 Å². The molecule has 3 rings (SSSR count). The monoisotopic (exact) mass is 422 g/mol. The molecule has 148 valence electrons. The number of aromatic nitrogens is 2. The third-order valence-corrected chi connectivity index (χ3v) is 6.12. The van der Waals surface area contributed by atoms with Crippen molar-refractivity contribution in [2.75, 3.05) is 13.2 Å². The van der Waals surface area contributed by atoms with Crippen molar-refractivity contribution in [3.63, 3.8) is 0 Å². The van der Waals surface area contributed by atoms with Crippen molar-refractivity contribution >= 4 is 31.7 Å². The summed E-state index contributed by atoms with van der Waals surface area (Å²) in [6.45, 7) is 4.96. The molecule has 0 amide bonds. The molecule has 2 aromatic heterocycles. The highest BCUT2D eigenvalue weighted by Gasteiger charge is 2.18. The number of rotatable bonds is 8. The zero-order chi connectivity index (χ0) is 20.3. The van der Waals surface area contributed by atoms with E-state index in [9.17, 15) is 18.0 Å². The van der Waals surface area contributed by atoms with Crippen molar-refractivity contribution in [1.82, 2.24) is 9.30 Å². The van der Waals surface area contributed by atoms with Crippen LogP contribution in [0, 0.1) is 6.92 Å². The summed E-state index contributed by atoms with van der Waals surface area (Å²) in [4.78, 5) is 30.2. The van der Waals surface area contributed by atoms with E-state index in [4.69, 9.17) is 9.02 Å². The normalized spacial score (nSPS) is 11.6. The van der Waals surface area contributed by atoms with Crippen molar-refractivity contribution in [1.29, 1.82) is 0 Å². The number of hydrogen-bond acceptors (Lipinski definition) is 7. The van der Waals surface area contributed by atoms with E-state index in [1.165, 1.54) is 22.8 Å². The summed E-state index contributed by atoms with van der Waals surface area (Å²) < 4.78 is 31.9. The molecule has 0 aliphatic carbocycles. The zero-order valence-corrected chi connectivity index (χ0v) is 16.7. The summed E-state index contributed by atoms with van der Waals surface area (Å²) in [7, 11) is -3.96. The van der Waals surface area contributed by atoms with E-state index < -0.39 is 21.4 Å². The van der Waals surface area contributed by atoms with Gasteiger partial charge in [-0.2, -0.15) is 8.42 Å². The lowest BCUT2D eigenvalue weighted by molar-refractivity contribution is 0.112.